The fraction of sp³-hybridized carbons (Fsp3) is 0.323. The highest BCUT2D eigenvalue weighted by atomic mass is 32.2. The average molecular weight is 576 g/mol. The molecule has 0 bridgehead atoms. The van der Waals surface area contributed by atoms with Gasteiger partial charge in [0.15, 0.2) is 9.84 Å². The summed E-state index contributed by atoms with van der Waals surface area (Å²) < 4.78 is 45.6. The van der Waals surface area contributed by atoms with E-state index in [0.29, 0.717) is 46.4 Å². The second-order valence-electron chi connectivity index (χ2n) is 11.2. The Morgan fingerprint density at radius 1 is 1.07 bits per heavy atom. The number of halogens is 1. The summed E-state index contributed by atoms with van der Waals surface area (Å²) in [7, 11) is -3.40. The Labute approximate surface area is 237 Å². The van der Waals surface area contributed by atoms with Crippen LogP contribution in [0.5, 0.6) is 0 Å². The Bertz CT molecular complexity index is 1790. The lowest BCUT2D eigenvalue weighted by Crippen LogP contribution is -2.65. The quantitative estimate of drug-likeness (QED) is 0.340. The van der Waals surface area contributed by atoms with Gasteiger partial charge in [0.05, 0.1) is 40.0 Å². The molecule has 1 aliphatic heterocycles. The molecule has 1 spiro atoms. The maximum atomic E-state index is 14.7. The molecule has 1 aliphatic carbocycles. The summed E-state index contributed by atoms with van der Waals surface area (Å²) in [5, 5.41) is 7.94. The molecule has 2 heterocycles. The number of aromatic nitrogens is 2. The van der Waals surface area contributed by atoms with E-state index in [1.54, 1.807) is 53.4 Å². The minimum absolute atomic E-state index is 0.0134. The molecule has 8 nitrogen and oxygen atoms in total. The van der Waals surface area contributed by atoms with E-state index < -0.39 is 15.7 Å². The summed E-state index contributed by atoms with van der Waals surface area (Å²) in [6.45, 7) is 3.06. The van der Waals surface area contributed by atoms with Crippen LogP contribution in [0.25, 0.3) is 10.8 Å². The Balaban J connectivity index is 1.03. The van der Waals surface area contributed by atoms with Crippen LogP contribution >= 0.6 is 0 Å². The molecule has 1 saturated carbocycles. The predicted octanol–water partition coefficient (Wildman–Crippen LogP) is 4.06. The van der Waals surface area contributed by atoms with Crippen molar-refractivity contribution in [2.45, 2.75) is 37.2 Å². The third-order valence-electron chi connectivity index (χ3n) is 8.15. The van der Waals surface area contributed by atoms with Crippen LogP contribution in [0.4, 0.5) is 4.39 Å². The zero-order chi connectivity index (χ0) is 28.8. The first-order valence-corrected chi connectivity index (χ1v) is 15.2. The largest absolute Gasteiger partial charge is 0.377 e. The molecule has 0 unspecified atom stereocenters. The van der Waals surface area contributed by atoms with Crippen LogP contribution in [-0.2, 0) is 21.0 Å². The zero-order valence-corrected chi connectivity index (χ0v) is 23.4. The monoisotopic (exact) mass is 575 g/mol. The number of carbonyl (C=O) groups excluding carboxylic acids is 1. The van der Waals surface area contributed by atoms with Gasteiger partial charge in [0.2, 0.25) is 0 Å². The zero-order valence-electron chi connectivity index (χ0n) is 22.6. The number of nitrogens with one attached hydrogen (secondary N) is 1. The van der Waals surface area contributed by atoms with Gasteiger partial charge < -0.3 is 9.64 Å². The van der Waals surface area contributed by atoms with Gasteiger partial charge in [0.25, 0.3) is 11.5 Å². The average Bonchev–Trinajstić information content (AvgIpc) is 2.91. The Morgan fingerprint density at radius 3 is 2.51 bits per heavy atom. The van der Waals surface area contributed by atoms with Crippen LogP contribution < -0.4 is 5.56 Å². The maximum Gasteiger partial charge on any atom is 0.272 e. The number of aryl methyl sites for hydroxylation is 1. The first kappa shape index (κ1) is 27.3. The number of hydrogen-bond acceptors (Lipinski definition) is 6. The lowest BCUT2D eigenvalue weighted by Gasteiger charge is -2.58. The molecule has 2 aliphatic rings. The minimum Gasteiger partial charge on any atom is -0.377 e. The minimum atomic E-state index is -3.40. The second-order valence-corrected chi connectivity index (χ2v) is 13.3. The van der Waals surface area contributed by atoms with Crippen LogP contribution in [0.2, 0.25) is 0 Å². The number of likely N-dealkylation sites (tertiary alicyclic amines) is 1. The maximum absolute atomic E-state index is 14.7. The lowest BCUT2D eigenvalue weighted by molar-refractivity contribution is -0.136. The highest BCUT2D eigenvalue weighted by molar-refractivity contribution is 7.91. The first-order valence-electron chi connectivity index (χ1n) is 13.6. The molecule has 1 N–H and O–H groups in total. The van der Waals surface area contributed by atoms with E-state index in [1.807, 2.05) is 19.1 Å². The number of ether oxygens (including phenoxy) is 1. The molecule has 2 fully saturated rings. The number of aromatic amines is 1. The summed E-state index contributed by atoms with van der Waals surface area (Å²) in [6.07, 6.45) is 1.78. The number of hydrogen-bond donors (Lipinski definition) is 1. The van der Waals surface area contributed by atoms with E-state index in [-0.39, 0.29) is 40.9 Å². The van der Waals surface area contributed by atoms with Crippen LogP contribution in [0.3, 0.4) is 0 Å². The standard InChI is InChI=1S/C31H30FN3O5S/c1-20-6-9-23(10-7-20)41(38,39)13-12-40-22-16-31(17-22)18-35(19-31)30(37)26-14-21(8-11-27(26)32)15-28-24-4-2-3-5-25(24)29(36)34-33-28/h2-11,14,22H,12-13,15-19H2,1H3,(H,34,36). The van der Waals surface area contributed by atoms with Crippen LogP contribution in [-0.4, -0.2) is 61.0 Å². The Hall–Kier alpha value is -3.89. The second kappa shape index (κ2) is 10.5. The van der Waals surface area contributed by atoms with Crippen molar-refractivity contribution in [2.75, 3.05) is 25.4 Å². The molecular weight excluding hydrogens is 545 g/mol. The third-order valence-corrected chi connectivity index (χ3v) is 9.85. The number of nitrogens with zero attached hydrogens (tertiary/aromatic N) is 2. The molecule has 0 radical (unpaired) electrons. The van der Waals surface area contributed by atoms with Crippen molar-refractivity contribution in [1.29, 1.82) is 0 Å². The van der Waals surface area contributed by atoms with E-state index in [1.165, 1.54) is 6.07 Å². The summed E-state index contributed by atoms with van der Waals surface area (Å²) in [5.41, 5.74) is 2.04. The number of carbonyl (C=O) groups is 1. The molecule has 0 atom stereocenters. The highest BCUT2D eigenvalue weighted by Gasteiger charge is 2.54. The molecule has 3 aromatic carbocycles. The number of H-pyrrole nitrogens is 1. The molecule has 6 rings (SSSR count). The molecule has 1 amide bonds. The Kier molecular flexibility index (Phi) is 6.99. The Morgan fingerprint density at radius 2 is 1.78 bits per heavy atom. The fourth-order valence-electron chi connectivity index (χ4n) is 5.89. The first-order chi connectivity index (χ1) is 19.6. The van der Waals surface area contributed by atoms with Crippen molar-refractivity contribution in [3.8, 4) is 0 Å². The number of sulfone groups is 1. The van der Waals surface area contributed by atoms with Gasteiger partial charge >= 0.3 is 0 Å². The van der Waals surface area contributed by atoms with Gasteiger partial charge in [0.1, 0.15) is 5.82 Å². The van der Waals surface area contributed by atoms with Crippen molar-refractivity contribution < 1.29 is 22.3 Å². The van der Waals surface area contributed by atoms with Gasteiger partial charge in [-0.2, -0.15) is 5.10 Å². The van der Waals surface area contributed by atoms with Crippen LogP contribution in [0, 0.1) is 18.2 Å². The van der Waals surface area contributed by atoms with E-state index in [2.05, 4.69) is 10.2 Å². The number of rotatable bonds is 8. The van der Waals surface area contributed by atoms with Crippen molar-refractivity contribution in [3.63, 3.8) is 0 Å². The van der Waals surface area contributed by atoms with Crippen molar-refractivity contribution in [2.24, 2.45) is 5.41 Å². The summed E-state index contributed by atoms with van der Waals surface area (Å²) in [6, 6.07) is 18.4. The summed E-state index contributed by atoms with van der Waals surface area (Å²) >= 11 is 0. The molecule has 41 heavy (non-hydrogen) atoms. The van der Waals surface area contributed by atoms with Crippen LogP contribution in [0.15, 0.2) is 76.4 Å². The number of fused-ring (bicyclic) bond motifs is 1. The van der Waals surface area contributed by atoms with Gasteiger partial charge in [-0.3, -0.25) is 9.59 Å². The fourth-order valence-corrected chi connectivity index (χ4v) is 7.00. The molecule has 1 saturated heterocycles. The SMILES string of the molecule is Cc1ccc(S(=O)(=O)CCOC2CC3(C2)CN(C(=O)c2cc(Cc4n[nH]c(=O)c5ccccc45)ccc2F)C3)cc1. The smallest absolute Gasteiger partial charge is 0.272 e. The number of amides is 1. The molecule has 1 aromatic heterocycles. The third kappa shape index (κ3) is 5.41. The summed E-state index contributed by atoms with van der Waals surface area (Å²) in [4.78, 5) is 27.2. The summed E-state index contributed by atoms with van der Waals surface area (Å²) in [5.74, 6) is -1.02. The molecular formula is C31H30FN3O5S. The van der Waals surface area contributed by atoms with Crippen molar-refractivity contribution in [3.05, 3.63) is 105 Å². The normalized spacial score (nSPS) is 16.5. The molecule has 10 heteroatoms. The lowest BCUT2D eigenvalue weighted by atomic mass is 9.61. The van der Waals surface area contributed by atoms with Gasteiger partial charge in [-0.05, 0) is 55.7 Å². The van der Waals surface area contributed by atoms with Gasteiger partial charge in [-0.25, -0.2) is 17.9 Å². The van der Waals surface area contributed by atoms with Crippen LogP contribution in [0.1, 0.15) is 40.0 Å². The van der Waals surface area contributed by atoms with E-state index >= 15 is 0 Å². The van der Waals surface area contributed by atoms with Gasteiger partial charge in [-0.15, -0.1) is 0 Å². The van der Waals surface area contributed by atoms with E-state index in [9.17, 15) is 22.4 Å². The number of benzene rings is 3. The topological polar surface area (TPSA) is 109 Å². The van der Waals surface area contributed by atoms with Crippen molar-refractivity contribution >= 4 is 26.5 Å². The molecule has 212 valence electrons. The van der Waals surface area contributed by atoms with E-state index in [4.69, 9.17) is 4.74 Å². The van der Waals surface area contributed by atoms with E-state index in [0.717, 1.165) is 18.4 Å². The predicted molar refractivity (Wildman–Crippen MR) is 152 cm³/mol. The van der Waals surface area contributed by atoms with Crippen molar-refractivity contribution in [1.82, 2.24) is 15.1 Å². The van der Waals surface area contributed by atoms with Gasteiger partial charge in [0, 0.05) is 30.3 Å². The highest BCUT2D eigenvalue weighted by Crippen LogP contribution is 2.50. The van der Waals surface area contributed by atoms with Gasteiger partial charge in [-0.1, -0.05) is 42.0 Å². The molecule has 4 aromatic rings.